The molecule has 29 heavy (non-hydrogen) atoms. The molecule has 0 unspecified atom stereocenters. The zero-order chi connectivity index (χ0) is 21.2. The quantitative estimate of drug-likeness (QED) is 0.349. The third-order valence-corrected chi connectivity index (χ3v) is 4.22. The van der Waals surface area contributed by atoms with Gasteiger partial charge >= 0.3 is 5.97 Å². The summed E-state index contributed by atoms with van der Waals surface area (Å²) in [5.74, 6) is 0.930. The summed E-state index contributed by atoms with van der Waals surface area (Å²) in [5.41, 5.74) is 1.51. The fourth-order valence-electron chi connectivity index (χ4n) is 2.77. The summed E-state index contributed by atoms with van der Waals surface area (Å²) in [6.07, 6.45) is 2.53. The van der Waals surface area contributed by atoms with Crippen LogP contribution in [0.1, 0.15) is 24.5 Å². The van der Waals surface area contributed by atoms with Gasteiger partial charge in [-0.15, -0.1) is 0 Å². The predicted molar refractivity (Wildman–Crippen MR) is 115 cm³/mol. The van der Waals surface area contributed by atoms with Gasteiger partial charge in [0, 0.05) is 6.54 Å². The van der Waals surface area contributed by atoms with Crippen LogP contribution in [0, 0.1) is 0 Å². The SMILES string of the molecule is CCOc1cc(/C=C(/C(=O)O)c2ccc(OC)cc2)ccc1OCCCN(C)C. The van der Waals surface area contributed by atoms with Crippen molar-refractivity contribution in [2.45, 2.75) is 13.3 Å². The lowest BCUT2D eigenvalue weighted by Gasteiger charge is -2.14. The molecule has 0 bridgehead atoms. The van der Waals surface area contributed by atoms with E-state index in [1.165, 1.54) is 0 Å². The van der Waals surface area contributed by atoms with Crippen LogP contribution in [-0.2, 0) is 4.79 Å². The molecular weight excluding hydrogens is 370 g/mol. The van der Waals surface area contributed by atoms with Crippen molar-refractivity contribution in [1.29, 1.82) is 0 Å². The Morgan fingerprint density at radius 1 is 1.07 bits per heavy atom. The third kappa shape index (κ3) is 6.84. The molecule has 0 atom stereocenters. The van der Waals surface area contributed by atoms with E-state index < -0.39 is 5.97 Å². The Morgan fingerprint density at radius 3 is 2.38 bits per heavy atom. The summed E-state index contributed by atoms with van der Waals surface area (Å²) in [5, 5.41) is 9.67. The minimum atomic E-state index is -1.00. The second kappa shape index (κ2) is 11.1. The van der Waals surface area contributed by atoms with Crippen LogP contribution in [0.3, 0.4) is 0 Å². The van der Waals surface area contributed by atoms with Crippen LogP contribution in [0.25, 0.3) is 11.6 Å². The maximum absolute atomic E-state index is 11.8. The molecule has 0 aliphatic rings. The molecule has 6 heteroatoms. The second-order valence-electron chi connectivity index (χ2n) is 6.74. The number of rotatable bonds is 11. The van der Waals surface area contributed by atoms with Crippen LogP contribution in [0.15, 0.2) is 42.5 Å². The summed E-state index contributed by atoms with van der Waals surface area (Å²) >= 11 is 0. The van der Waals surface area contributed by atoms with E-state index in [-0.39, 0.29) is 5.57 Å². The zero-order valence-corrected chi connectivity index (χ0v) is 17.5. The molecule has 2 aromatic carbocycles. The smallest absolute Gasteiger partial charge is 0.336 e. The van der Waals surface area contributed by atoms with Crippen molar-refractivity contribution in [3.8, 4) is 17.2 Å². The van der Waals surface area contributed by atoms with E-state index in [2.05, 4.69) is 4.90 Å². The van der Waals surface area contributed by atoms with Gasteiger partial charge in [0.05, 0.1) is 25.9 Å². The average molecular weight is 399 g/mol. The van der Waals surface area contributed by atoms with Crippen LogP contribution in [0.2, 0.25) is 0 Å². The monoisotopic (exact) mass is 399 g/mol. The number of carbonyl (C=O) groups is 1. The first-order valence-corrected chi connectivity index (χ1v) is 9.58. The molecule has 0 spiro atoms. The van der Waals surface area contributed by atoms with Crippen LogP contribution in [0.4, 0.5) is 0 Å². The van der Waals surface area contributed by atoms with Crippen molar-refractivity contribution in [2.75, 3.05) is 41.0 Å². The van der Waals surface area contributed by atoms with Gasteiger partial charge in [-0.05, 0) is 68.9 Å². The minimum absolute atomic E-state index is 0.190. The van der Waals surface area contributed by atoms with E-state index >= 15 is 0 Å². The summed E-state index contributed by atoms with van der Waals surface area (Å²) < 4.78 is 16.7. The second-order valence-corrected chi connectivity index (χ2v) is 6.74. The number of carboxylic acid groups (broad SMARTS) is 1. The van der Waals surface area contributed by atoms with E-state index in [0.717, 1.165) is 18.5 Å². The molecular formula is C23H29NO5. The normalized spacial score (nSPS) is 11.4. The third-order valence-electron chi connectivity index (χ3n) is 4.22. The lowest BCUT2D eigenvalue weighted by molar-refractivity contribution is -0.130. The Kier molecular flexibility index (Phi) is 8.55. The largest absolute Gasteiger partial charge is 0.497 e. The van der Waals surface area contributed by atoms with E-state index in [9.17, 15) is 9.90 Å². The zero-order valence-electron chi connectivity index (χ0n) is 17.5. The first kappa shape index (κ1) is 22.3. The molecule has 2 rings (SSSR count). The highest BCUT2D eigenvalue weighted by Crippen LogP contribution is 2.31. The molecule has 2 aromatic rings. The Balaban J connectivity index is 2.26. The van der Waals surface area contributed by atoms with Crippen LogP contribution >= 0.6 is 0 Å². The lowest BCUT2D eigenvalue weighted by Crippen LogP contribution is -2.15. The maximum Gasteiger partial charge on any atom is 0.336 e. The molecule has 0 fully saturated rings. The molecule has 0 heterocycles. The Hall–Kier alpha value is -2.99. The Bertz CT molecular complexity index is 828. The highest BCUT2D eigenvalue weighted by Gasteiger charge is 2.12. The summed E-state index contributed by atoms with van der Waals surface area (Å²) in [6.45, 7) is 3.91. The Morgan fingerprint density at radius 2 is 1.79 bits per heavy atom. The molecule has 0 radical (unpaired) electrons. The molecule has 0 aromatic heterocycles. The topological polar surface area (TPSA) is 68.2 Å². The molecule has 0 aliphatic heterocycles. The summed E-state index contributed by atoms with van der Waals surface area (Å²) in [6, 6.07) is 12.4. The number of aliphatic carboxylic acids is 1. The van der Waals surface area contributed by atoms with Crippen LogP contribution in [-0.4, -0.2) is 56.9 Å². The van der Waals surface area contributed by atoms with Gasteiger partial charge in [0.25, 0.3) is 0 Å². The molecule has 0 saturated carbocycles. The molecule has 1 N–H and O–H groups in total. The van der Waals surface area contributed by atoms with E-state index in [0.29, 0.717) is 36.0 Å². The van der Waals surface area contributed by atoms with Crippen molar-refractivity contribution >= 4 is 17.6 Å². The van der Waals surface area contributed by atoms with Gasteiger partial charge in [0.15, 0.2) is 11.5 Å². The molecule has 6 nitrogen and oxygen atoms in total. The van der Waals surface area contributed by atoms with Crippen molar-refractivity contribution in [2.24, 2.45) is 0 Å². The van der Waals surface area contributed by atoms with E-state index in [4.69, 9.17) is 14.2 Å². The standard InChI is InChI=1S/C23H29NO5/c1-5-28-22-16-17(7-12-21(22)29-14-6-13-24(2)3)15-20(23(25)26)18-8-10-19(27-4)11-9-18/h7-12,15-16H,5-6,13-14H2,1-4H3,(H,25,26)/b20-15+. The van der Waals surface area contributed by atoms with Gasteiger partial charge < -0.3 is 24.2 Å². The Labute approximate surface area is 172 Å². The van der Waals surface area contributed by atoms with Gasteiger partial charge in [-0.2, -0.15) is 0 Å². The number of carboxylic acids is 1. The van der Waals surface area contributed by atoms with Gasteiger partial charge in [-0.1, -0.05) is 18.2 Å². The highest BCUT2D eigenvalue weighted by molar-refractivity contribution is 6.20. The molecule has 0 aliphatic carbocycles. The molecule has 0 amide bonds. The average Bonchev–Trinajstić information content (AvgIpc) is 2.70. The first-order valence-electron chi connectivity index (χ1n) is 9.58. The number of benzene rings is 2. The number of methoxy groups -OCH3 is 1. The number of nitrogens with zero attached hydrogens (tertiary/aromatic N) is 1. The first-order chi connectivity index (χ1) is 13.9. The van der Waals surface area contributed by atoms with Crippen LogP contribution < -0.4 is 14.2 Å². The highest BCUT2D eigenvalue weighted by atomic mass is 16.5. The maximum atomic E-state index is 11.8. The van der Waals surface area contributed by atoms with E-state index in [1.54, 1.807) is 43.5 Å². The number of ether oxygens (including phenoxy) is 3. The van der Waals surface area contributed by atoms with Crippen molar-refractivity contribution in [3.63, 3.8) is 0 Å². The summed E-state index contributed by atoms with van der Waals surface area (Å²) in [4.78, 5) is 13.9. The van der Waals surface area contributed by atoms with Crippen molar-refractivity contribution in [3.05, 3.63) is 53.6 Å². The van der Waals surface area contributed by atoms with Crippen molar-refractivity contribution in [1.82, 2.24) is 4.90 Å². The minimum Gasteiger partial charge on any atom is -0.497 e. The number of hydrogen-bond acceptors (Lipinski definition) is 5. The molecule has 0 saturated heterocycles. The predicted octanol–water partition coefficient (Wildman–Crippen LogP) is 4.05. The van der Waals surface area contributed by atoms with Gasteiger partial charge in [0.1, 0.15) is 5.75 Å². The fraction of sp³-hybridized carbons (Fsp3) is 0.348. The summed E-state index contributed by atoms with van der Waals surface area (Å²) in [7, 11) is 5.62. The van der Waals surface area contributed by atoms with Gasteiger partial charge in [0.2, 0.25) is 0 Å². The van der Waals surface area contributed by atoms with Gasteiger partial charge in [-0.3, -0.25) is 0 Å². The number of hydrogen-bond donors (Lipinski definition) is 1. The van der Waals surface area contributed by atoms with E-state index in [1.807, 2.05) is 33.2 Å². The lowest BCUT2D eigenvalue weighted by atomic mass is 10.0. The fourth-order valence-corrected chi connectivity index (χ4v) is 2.77. The van der Waals surface area contributed by atoms with Gasteiger partial charge in [-0.25, -0.2) is 4.79 Å². The van der Waals surface area contributed by atoms with Crippen LogP contribution in [0.5, 0.6) is 17.2 Å². The van der Waals surface area contributed by atoms with Crippen molar-refractivity contribution < 1.29 is 24.1 Å². The molecule has 156 valence electrons.